The second kappa shape index (κ2) is 9.76. The van der Waals surface area contributed by atoms with Gasteiger partial charge in [0, 0.05) is 35.3 Å². The van der Waals surface area contributed by atoms with Crippen molar-refractivity contribution >= 4 is 28.8 Å². The van der Waals surface area contributed by atoms with Gasteiger partial charge in [-0.15, -0.1) is 10.2 Å². The Balaban J connectivity index is 1.50. The van der Waals surface area contributed by atoms with Gasteiger partial charge in [-0.2, -0.15) is 0 Å². The Hall–Kier alpha value is -2.29. The SMILES string of the molecule is Cc1cc(-c2nnc(-c3cc(F)c(OCC4CC(C)(C)OC4C)cc3Cl)s2)cnc1NC(C)C. The summed E-state index contributed by atoms with van der Waals surface area (Å²) in [7, 11) is 0. The van der Waals surface area contributed by atoms with E-state index in [2.05, 4.69) is 48.2 Å². The van der Waals surface area contributed by atoms with Gasteiger partial charge in [0.1, 0.15) is 15.8 Å². The van der Waals surface area contributed by atoms with Crippen molar-refractivity contribution in [2.24, 2.45) is 5.92 Å². The molecule has 0 amide bonds. The van der Waals surface area contributed by atoms with E-state index in [9.17, 15) is 4.39 Å². The van der Waals surface area contributed by atoms with Gasteiger partial charge in [0.25, 0.3) is 0 Å². The number of ether oxygens (including phenoxy) is 2. The van der Waals surface area contributed by atoms with Crippen LogP contribution in [-0.4, -0.2) is 39.5 Å². The minimum absolute atomic E-state index is 0.0565. The number of hydrogen-bond acceptors (Lipinski definition) is 7. The highest BCUT2D eigenvalue weighted by Gasteiger charge is 2.38. The lowest BCUT2D eigenvalue weighted by molar-refractivity contribution is -0.0140. The van der Waals surface area contributed by atoms with Crippen LogP contribution in [0.2, 0.25) is 5.02 Å². The standard InChI is InChI=1S/C25H30ClFN4O2S/c1-13(2)29-22-14(3)7-16(11-28-22)23-30-31-24(34-23)18-8-20(27)21(9-19(18)26)32-12-17-10-25(5,6)33-15(17)4/h7-9,11,13,15,17H,10,12H2,1-6H3,(H,28,29). The maximum atomic E-state index is 14.9. The molecule has 6 nitrogen and oxygen atoms in total. The molecule has 0 bridgehead atoms. The number of pyridine rings is 1. The second-order valence-electron chi connectivity index (χ2n) is 9.72. The third-order valence-corrected chi connectivity index (χ3v) is 7.12. The van der Waals surface area contributed by atoms with E-state index in [1.807, 2.05) is 19.9 Å². The lowest BCUT2D eigenvalue weighted by Crippen LogP contribution is -2.19. The monoisotopic (exact) mass is 504 g/mol. The highest BCUT2D eigenvalue weighted by Crippen LogP contribution is 2.39. The summed E-state index contributed by atoms with van der Waals surface area (Å²) in [6.45, 7) is 12.6. The van der Waals surface area contributed by atoms with Gasteiger partial charge < -0.3 is 14.8 Å². The van der Waals surface area contributed by atoms with E-state index < -0.39 is 5.82 Å². The Morgan fingerprint density at radius 2 is 2.00 bits per heavy atom. The fourth-order valence-electron chi connectivity index (χ4n) is 4.20. The fraction of sp³-hybridized carbons (Fsp3) is 0.480. The molecule has 1 aliphatic rings. The third-order valence-electron chi connectivity index (χ3n) is 5.80. The number of hydrogen-bond donors (Lipinski definition) is 1. The van der Waals surface area contributed by atoms with Crippen molar-refractivity contribution in [2.45, 2.75) is 65.7 Å². The Morgan fingerprint density at radius 1 is 1.26 bits per heavy atom. The topological polar surface area (TPSA) is 69.2 Å². The van der Waals surface area contributed by atoms with Crippen molar-refractivity contribution in [2.75, 3.05) is 11.9 Å². The molecule has 1 saturated heterocycles. The summed E-state index contributed by atoms with van der Waals surface area (Å²) in [5.74, 6) is 0.677. The van der Waals surface area contributed by atoms with Crippen LogP contribution in [0, 0.1) is 18.7 Å². The molecule has 2 atom stereocenters. The average Bonchev–Trinajstić information content (AvgIpc) is 3.33. The van der Waals surface area contributed by atoms with Gasteiger partial charge in [-0.05, 0) is 65.7 Å². The van der Waals surface area contributed by atoms with Gasteiger partial charge >= 0.3 is 0 Å². The summed E-state index contributed by atoms with van der Waals surface area (Å²) in [5, 5.41) is 13.4. The average molecular weight is 505 g/mol. The van der Waals surface area contributed by atoms with Crippen molar-refractivity contribution in [1.29, 1.82) is 0 Å². The Morgan fingerprint density at radius 3 is 2.65 bits per heavy atom. The maximum absolute atomic E-state index is 14.9. The first kappa shape index (κ1) is 24.8. The van der Waals surface area contributed by atoms with Gasteiger partial charge in [-0.1, -0.05) is 22.9 Å². The molecule has 0 aliphatic carbocycles. The molecule has 3 heterocycles. The Bertz CT molecular complexity index is 1180. The van der Waals surface area contributed by atoms with Crippen LogP contribution < -0.4 is 10.1 Å². The zero-order valence-corrected chi connectivity index (χ0v) is 21.9. The molecular weight excluding hydrogens is 475 g/mol. The highest BCUT2D eigenvalue weighted by molar-refractivity contribution is 7.18. The van der Waals surface area contributed by atoms with E-state index in [0.717, 1.165) is 23.4 Å². The lowest BCUT2D eigenvalue weighted by atomic mass is 9.95. The lowest BCUT2D eigenvalue weighted by Gasteiger charge is -2.16. The number of halogens is 2. The molecule has 182 valence electrons. The number of nitrogens with zero attached hydrogens (tertiary/aromatic N) is 3. The predicted octanol–water partition coefficient (Wildman–Crippen LogP) is 6.77. The van der Waals surface area contributed by atoms with E-state index in [0.29, 0.717) is 27.2 Å². The molecule has 34 heavy (non-hydrogen) atoms. The van der Waals surface area contributed by atoms with E-state index in [4.69, 9.17) is 21.1 Å². The van der Waals surface area contributed by atoms with Crippen LogP contribution >= 0.6 is 22.9 Å². The molecular formula is C25H30ClFN4O2S. The minimum Gasteiger partial charge on any atom is -0.490 e. The largest absolute Gasteiger partial charge is 0.490 e. The number of aromatic nitrogens is 3. The van der Waals surface area contributed by atoms with Crippen LogP contribution in [0.4, 0.5) is 10.2 Å². The summed E-state index contributed by atoms with van der Waals surface area (Å²) in [6, 6.07) is 5.17. The molecule has 0 spiro atoms. The molecule has 4 rings (SSSR count). The van der Waals surface area contributed by atoms with Crippen LogP contribution in [0.5, 0.6) is 5.75 Å². The van der Waals surface area contributed by atoms with Gasteiger partial charge in [0.05, 0.1) is 23.3 Å². The smallest absolute Gasteiger partial charge is 0.165 e. The number of rotatable bonds is 7. The first-order valence-corrected chi connectivity index (χ1v) is 12.6. The second-order valence-corrected chi connectivity index (χ2v) is 11.1. The third kappa shape index (κ3) is 5.50. The molecule has 3 aromatic rings. The molecule has 1 fully saturated rings. The zero-order chi connectivity index (χ0) is 24.6. The van der Waals surface area contributed by atoms with Crippen molar-refractivity contribution in [3.05, 3.63) is 40.8 Å². The molecule has 2 aromatic heterocycles. The quantitative estimate of drug-likeness (QED) is 0.383. The zero-order valence-electron chi connectivity index (χ0n) is 20.3. The fourth-order valence-corrected chi connectivity index (χ4v) is 5.36. The normalized spacial score (nSPS) is 19.6. The summed E-state index contributed by atoms with van der Waals surface area (Å²) in [6.07, 6.45) is 2.68. The molecule has 1 aromatic carbocycles. The summed E-state index contributed by atoms with van der Waals surface area (Å²) >= 11 is 7.84. The molecule has 2 unspecified atom stereocenters. The van der Waals surface area contributed by atoms with E-state index in [1.54, 1.807) is 6.20 Å². The molecule has 9 heteroatoms. The summed E-state index contributed by atoms with van der Waals surface area (Å²) < 4.78 is 26.6. The van der Waals surface area contributed by atoms with E-state index in [1.165, 1.54) is 23.5 Å². The molecule has 1 N–H and O–H groups in total. The summed E-state index contributed by atoms with van der Waals surface area (Å²) in [4.78, 5) is 4.50. The first-order chi connectivity index (χ1) is 16.0. The predicted molar refractivity (Wildman–Crippen MR) is 135 cm³/mol. The summed E-state index contributed by atoms with van der Waals surface area (Å²) in [5.41, 5.74) is 2.15. The van der Waals surface area contributed by atoms with Crippen LogP contribution in [0.1, 0.15) is 46.6 Å². The number of anilines is 1. The molecule has 1 aliphatic heterocycles. The van der Waals surface area contributed by atoms with Crippen LogP contribution in [-0.2, 0) is 4.74 Å². The number of benzene rings is 1. The number of aryl methyl sites for hydroxylation is 1. The minimum atomic E-state index is -0.483. The maximum Gasteiger partial charge on any atom is 0.165 e. The highest BCUT2D eigenvalue weighted by atomic mass is 35.5. The van der Waals surface area contributed by atoms with Crippen molar-refractivity contribution in [1.82, 2.24) is 15.2 Å². The number of nitrogens with one attached hydrogen (secondary N) is 1. The molecule has 0 radical (unpaired) electrons. The van der Waals surface area contributed by atoms with Gasteiger partial charge in [-0.25, -0.2) is 9.37 Å². The Kier molecular flexibility index (Phi) is 7.12. The van der Waals surface area contributed by atoms with Crippen LogP contribution in [0.15, 0.2) is 24.4 Å². The van der Waals surface area contributed by atoms with Crippen molar-refractivity contribution < 1.29 is 13.9 Å². The van der Waals surface area contributed by atoms with Crippen molar-refractivity contribution in [3.8, 4) is 26.9 Å². The van der Waals surface area contributed by atoms with Crippen LogP contribution in [0.3, 0.4) is 0 Å². The Labute approximate surface area is 208 Å². The van der Waals surface area contributed by atoms with Crippen molar-refractivity contribution in [3.63, 3.8) is 0 Å². The van der Waals surface area contributed by atoms with Gasteiger partial charge in [0.2, 0.25) is 0 Å². The van der Waals surface area contributed by atoms with Crippen LogP contribution in [0.25, 0.3) is 21.1 Å². The van der Waals surface area contributed by atoms with E-state index in [-0.39, 0.29) is 29.4 Å². The van der Waals surface area contributed by atoms with Gasteiger partial charge in [-0.3, -0.25) is 0 Å². The molecule has 0 saturated carbocycles. The van der Waals surface area contributed by atoms with E-state index >= 15 is 0 Å². The van der Waals surface area contributed by atoms with Gasteiger partial charge in [0.15, 0.2) is 11.6 Å². The first-order valence-electron chi connectivity index (χ1n) is 11.4.